The van der Waals surface area contributed by atoms with Crippen molar-refractivity contribution >= 4 is 17.5 Å². The third kappa shape index (κ3) is 4.31. The largest absolute Gasteiger partial charge is 0.348 e. The van der Waals surface area contributed by atoms with Gasteiger partial charge >= 0.3 is 0 Å². The van der Waals surface area contributed by atoms with Crippen molar-refractivity contribution in [2.24, 2.45) is 5.73 Å². The second-order valence-electron chi connectivity index (χ2n) is 5.05. The molecule has 2 rings (SSSR count). The molecule has 2 aromatic carbocycles. The highest BCUT2D eigenvalue weighted by Crippen LogP contribution is 2.22. The van der Waals surface area contributed by atoms with E-state index in [2.05, 4.69) is 5.32 Å². The van der Waals surface area contributed by atoms with Gasteiger partial charge in [-0.25, -0.2) is 0 Å². The van der Waals surface area contributed by atoms with E-state index in [0.717, 1.165) is 11.1 Å². The van der Waals surface area contributed by atoms with Crippen molar-refractivity contribution in [1.29, 1.82) is 0 Å². The topological polar surface area (TPSA) is 55.1 Å². The highest BCUT2D eigenvalue weighted by Gasteiger charge is 2.18. The predicted octanol–water partition coefficient (Wildman–Crippen LogP) is 3.09. The average molecular weight is 303 g/mol. The van der Waals surface area contributed by atoms with Gasteiger partial charge in [0.2, 0.25) is 5.91 Å². The Labute approximate surface area is 130 Å². The van der Waals surface area contributed by atoms with Crippen LogP contribution in [0.5, 0.6) is 0 Å². The minimum Gasteiger partial charge on any atom is -0.348 e. The zero-order valence-electron chi connectivity index (χ0n) is 11.9. The van der Waals surface area contributed by atoms with Gasteiger partial charge in [-0.2, -0.15) is 0 Å². The minimum atomic E-state index is -0.572. The van der Waals surface area contributed by atoms with Crippen LogP contribution < -0.4 is 11.1 Å². The van der Waals surface area contributed by atoms with Crippen LogP contribution in [0.1, 0.15) is 24.1 Å². The predicted molar refractivity (Wildman–Crippen MR) is 86.1 cm³/mol. The molecule has 3 nitrogen and oxygen atoms in total. The van der Waals surface area contributed by atoms with Crippen LogP contribution in [0.4, 0.5) is 0 Å². The first-order valence-corrected chi connectivity index (χ1v) is 7.30. The molecule has 2 atom stereocenters. The molecule has 0 radical (unpaired) electrons. The van der Waals surface area contributed by atoms with Gasteiger partial charge in [-0.1, -0.05) is 60.1 Å². The van der Waals surface area contributed by atoms with E-state index < -0.39 is 6.04 Å². The first-order chi connectivity index (χ1) is 10.1. The van der Waals surface area contributed by atoms with Crippen molar-refractivity contribution in [3.05, 3.63) is 70.7 Å². The minimum absolute atomic E-state index is 0.173. The third-order valence-corrected chi connectivity index (χ3v) is 3.71. The lowest BCUT2D eigenvalue weighted by molar-refractivity contribution is -0.123. The molecule has 0 aliphatic heterocycles. The summed E-state index contributed by atoms with van der Waals surface area (Å²) in [4.78, 5) is 12.2. The quantitative estimate of drug-likeness (QED) is 0.892. The number of carbonyl (C=O) groups is 1. The summed E-state index contributed by atoms with van der Waals surface area (Å²) < 4.78 is 0. The Kier molecular flexibility index (Phi) is 5.37. The van der Waals surface area contributed by atoms with E-state index in [0.29, 0.717) is 11.4 Å². The lowest BCUT2D eigenvalue weighted by Gasteiger charge is -2.19. The Balaban J connectivity index is 1.96. The van der Waals surface area contributed by atoms with E-state index in [4.69, 9.17) is 17.3 Å². The van der Waals surface area contributed by atoms with Crippen molar-refractivity contribution in [2.45, 2.75) is 25.4 Å². The number of hydrogen-bond donors (Lipinski definition) is 2. The van der Waals surface area contributed by atoms with Gasteiger partial charge < -0.3 is 11.1 Å². The highest BCUT2D eigenvalue weighted by atomic mass is 35.5. The number of carbonyl (C=O) groups excluding carboxylic acids is 1. The zero-order valence-corrected chi connectivity index (χ0v) is 12.7. The molecule has 0 heterocycles. The lowest BCUT2D eigenvalue weighted by atomic mass is 10.0. The molecule has 110 valence electrons. The summed E-state index contributed by atoms with van der Waals surface area (Å²) in [5, 5.41) is 3.55. The number of halogens is 1. The van der Waals surface area contributed by atoms with Crippen LogP contribution >= 0.6 is 11.6 Å². The van der Waals surface area contributed by atoms with E-state index in [1.165, 1.54) is 0 Å². The summed E-state index contributed by atoms with van der Waals surface area (Å²) in [5.74, 6) is -0.175. The van der Waals surface area contributed by atoms with Crippen LogP contribution in [-0.4, -0.2) is 11.9 Å². The van der Waals surface area contributed by atoms with Gasteiger partial charge in [-0.15, -0.1) is 0 Å². The zero-order chi connectivity index (χ0) is 15.2. The Bertz CT molecular complexity index is 601. The number of benzene rings is 2. The maximum absolute atomic E-state index is 12.2. The molecule has 0 saturated carbocycles. The van der Waals surface area contributed by atoms with Crippen LogP contribution in [0.25, 0.3) is 0 Å². The van der Waals surface area contributed by atoms with Crippen molar-refractivity contribution < 1.29 is 4.79 Å². The average Bonchev–Trinajstić information content (AvgIpc) is 2.48. The molecule has 0 saturated heterocycles. The van der Waals surface area contributed by atoms with Gasteiger partial charge in [0.05, 0.1) is 12.1 Å². The van der Waals surface area contributed by atoms with Gasteiger partial charge in [0, 0.05) is 5.02 Å². The van der Waals surface area contributed by atoms with Crippen molar-refractivity contribution in [2.75, 3.05) is 0 Å². The van der Waals surface area contributed by atoms with Crippen molar-refractivity contribution in [3.63, 3.8) is 0 Å². The second kappa shape index (κ2) is 7.25. The summed E-state index contributed by atoms with van der Waals surface area (Å²) in [6, 6.07) is 16.5. The van der Waals surface area contributed by atoms with E-state index >= 15 is 0 Å². The molecule has 0 aromatic heterocycles. The maximum atomic E-state index is 12.2. The molecule has 0 aliphatic carbocycles. The number of nitrogens with one attached hydrogen (secondary N) is 1. The number of hydrogen-bond acceptors (Lipinski definition) is 2. The molecule has 2 aromatic rings. The molecule has 0 bridgehead atoms. The fraction of sp³-hybridized carbons (Fsp3) is 0.235. The van der Waals surface area contributed by atoms with Gasteiger partial charge in [0.1, 0.15) is 0 Å². The van der Waals surface area contributed by atoms with Gasteiger partial charge in [0.15, 0.2) is 0 Å². The van der Waals surface area contributed by atoms with Gasteiger partial charge in [-0.05, 0) is 30.5 Å². The first kappa shape index (κ1) is 15.5. The molecule has 4 heteroatoms. The number of nitrogens with two attached hydrogens (primary N) is 1. The molecule has 21 heavy (non-hydrogen) atoms. The molecular formula is C17H19ClN2O. The maximum Gasteiger partial charge on any atom is 0.237 e. The third-order valence-electron chi connectivity index (χ3n) is 3.37. The Morgan fingerprint density at radius 2 is 1.76 bits per heavy atom. The number of rotatable bonds is 5. The molecule has 3 N–H and O–H groups in total. The van der Waals surface area contributed by atoms with Crippen LogP contribution in [0, 0.1) is 0 Å². The van der Waals surface area contributed by atoms with E-state index in [1.807, 2.05) is 61.5 Å². The first-order valence-electron chi connectivity index (χ1n) is 6.92. The highest BCUT2D eigenvalue weighted by molar-refractivity contribution is 6.31. The molecule has 0 aliphatic rings. The lowest BCUT2D eigenvalue weighted by Crippen LogP contribution is -2.43. The van der Waals surface area contributed by atoms with Crippen molar-refractivity contribution in [1.82, 2.24) is 5.32 Å². The van der Waals surface area contributed by atoms with Gasteiger partial charge in [0.25, 0.3) is 0 Å². The standard InChI is InChI=1S/C17H19ClN2O/c1-12(14-9-5-6-10-15(14)18)20-17(21)16(19)11-13-7-3-2-4-8-13/h2-10,12,16H,11,19H2,1H3,(H,20,21)/t12-,16+/m1/s1. The molecule has 0 unspecified atom stereocenters. The smallest absolute Gasteiger partial charge is 0.237 e. The van der Waals surface area contributed by atoms with E-state index in [9.17, 15) is 4.79 Å². The van der Waals surface area contributed by atoms with E-state index in [1.54, 1.807) is 0 Å². The molecule has 0 fully saturated rings. The fourth-order valence-corrected chi connectivity index (χ4v) is 2.48. The molecular weight excluding hydrogens is 284 g/mol. The monoisotopic (exact) mass is 302 g/mol. The summed E-state index contributed by atoms with van der Waals surface area (Å²) in [5.41, 5.74) is 7.90. The SMILES string of the molecule is C[C@@H](NC(=O)[C@@H](N)Cc1ccccc1)c1ccccc1Cl. The summed E-state index contributed by atoms with van der Waals surface area (Å²) >= 11 is 6.13. The summed E-state index contributed by atoms with van der Waals surface area (Å²) in [6.45, 7) is 1.90. The second-order valence-corrected chi connectivity index (χ2v) is 5.46. The van der Waals surface area contributed by atoms with Crippen LogP contribution in [0.3, 0.4) is 0 Å². The van der Waals surface area contributed by atoms with E-state index in [-0.39, 0.29) is 11.9 Å². The van der Waals surface area contributed by atoms with Crippen LogP contribution in [0.2, 0.25) is 5.02 Å². The summed E-state index contributed by atoms with van der Waals surface area (Å²) in [7, 11) is 0. The Hall–Kier alpha value is -1.84. The van der Waals surface area contributed by atoms with Crippen molar-refractivity contribution in [3.8, 4) is 0 Å². The summed E-state index contributed by atoms with van der Waals surface area (Å²) in [6.07, 6.45) is 0.516. The fourth-order valence-electron chi connectivity index (χ4n) is 2.19. The normalized spacial score (nSPS) is 13.5. The Morgan fingerprint density at radius 3 is 2.43 bits per heavy atom. The Morgan fingerprint density at radius 1 is 1.14 bits per heavy atom. The number of amides is 1. The van der Waals surface area contributed by atoms with Crippen LogP contribution in [0.15, 0.2) is 54.6 Å². The van der Waals surface area contributed by atoms with Crippen LogP contribution in [-0.2, 0) is 11.2 Å². The molecule has 1 amide bonds. The molecule has 0 spiro atoms. The van der Waals surface area contributed by atoms with Gasteiger partial charge in [-0.3, -0.25) is 4.79 Å².